The summed E-state index contributed by atoms with van der Waals surface area (Å²) in [6, 6.07) is 0. The zero-order valence-corrected chi connectivity index (χ0v) is 9.11. The molecule has 0 spiro atoms. The van der Waals surface area contributed by atoms with E-state index in [1.165, 1.54) is 0 Å². The van der Waals surface area contributed by atoms with E-state index in [0.717, 1.165) is 32.4 Å². The lowest BCUT2D eigenvalue weighted by molar-refractivity contribution is -0.120. The number of hydrogen-bond acceptors (Lipinski definition) is 3. The van der Waals surface area contributed by atoms with Gasteiger partial charge in [-0.2, -0.15) is 12.6 Å². The Hall–Kier alpha value is -0.220. The lowest BCUT2D eigenvalue weighted by Gasteiger charge is -2.03. The maximum Gasteiger partial charge on any atom is 0.220 e. The number of carbonyl (C=O) groups excluding carboxylic acids is 1. The van der Waals surface area contributed by atoms with Crippen LogP contribution in [0.3, 0.4) is 0 Å². The molecule has 0 saturated heterocycles. The molecule has 0 aliphatic rings. The number of hydrogen-bond donors (Lipinski definition) is 2. The van der Waals surface area contributed by atoms with Crippen LogP contribution >= 0.6 is 12.6 Å². The number of ether oxygens (including phenoxy) is 1. The third-order valence-electron chi connectivity index (χ3n) is 1.69. The van der Waals surface area contributed by atoms with Gasteiger partial charge in [0.2, 0.25) is 5.91 Å². The van der Waals surface area contributed by atoms with Crippen LogP contribution in [0.5, 0.6) is 0 Å². The molecular weight excluding hydrogens is 186 g/mol. The second kappa shape index (κ2) is 9.86. The van der Waals surface area contributed by atoms with Crippen molar-refractivity contribution >= 4 is 18.5 Å². The monoisotopic (exact) mass is 205 g/mol. The molecule has 0 aliphatic carbocycles. The van der Waals surface area contributed by atoms with Gasteiger partial charge >= 0.3 is 0 Å². The van der Waals surface area contributed by atoms with Crippen LogP contribution in [0.15, 0.2) is 0 Å². The van der Waals surface area contributed by atoms with Crippen LogP contribution in [0.1, 0.15) is 25.7 Å². The molecule has 0 aromatic heterocycles. The highest BCUT2D eigenvalue weighted by Gasteiger charge is 1.97. The summed E-state index contributed by atoms with van der Waals surface area (Å²) in [5.74, 6) is 0.719. The van der Waals surface area contributed by atoms with E-state index >= 15 is 0 Å². The third kappa shape index (κ3) is 9.70. The predicted octanol–water partition coefficient (Wildman–Crippen LogP) is 1.24. The molecule has 0 aliphatic heterocycles. The van der Waals surface area contributed by atoms with Crippen molar-refractivity contribution in [3.05, 3.63) is 0 Å². The van der Waals surface area contributed by atoms with Gasteiger partial charge in [-0.3, -0.25) is 4.79 Å². The summed E-state index contributed by atoms with van der Waals surface area (Å²) in [5, 5.41) is 2.83. The fourth-order valence-electron chi connectivity index (χ4n) is 0.966. The van der Waals surface area contributed by atoms with Crippen molar-refractivity contribution < 1.29 is 9.53 Å². The van der Waals surface area contributed by atoms with Crippen molar-refractivity contribution in [1.82, 2.24) is 5.32 Å². The minimum absolute atomic E-state index is 0.0988. The Morgan fingerprint density at radius 2 is 2.15 bits per heavy atom. The Kier molecular flexibility index (Phi) is 9.70. The van der Waals surface area contributed by atoms with Crippen LogP contribution in [0, 0.1) is 0 Å². The average Bonchev–Trinajstić information content (AvgIpc) is 2.11. The van der Waals surface area contributed by atoms with Crippen molar-refractivity contribution in [2.45, 2.75) is 25.7 Å². The number of unbranched alkanes of at least 4 members (excludes halogenated alkanes) is 2. The molecule has 0 saturated carbocycles. The first-order valence-corrected chi connectivity index (χ1v) is 5.31. The van der Waals surface area contributed by atoms with E-state index in [9.17, 15) is 4.79 Å². The molecule has 1 amide bonds. The smallest absolute Gasteiger partial charge is 0.220 e. The predicted molar refractivity (Wildman–Crippen MR) is 57.2 cm³/mol. The molecule has 0 radical (unpaired) electrons. The van der Waals surface area contributed by atoms with Gasteiger partial charge in [-0.05, 0) is 25.0 Å². The summed E-state index contributed by atoms with van der Waals surface area (Å²) in [5.41, 5.74) is 0. The Morgan fingerprint density at radius 3 is 2.77 bits per heavy atom. The van der Waals surface area contributed by atoms with Gasteiger partial charge in [-0.25, -0.2) is 0 Å². The van der Waals surface area contributed by atoms with Crippen LogP contribution in [0.4, 0.5) is 0 Å². The van der Waals surface area contributed by atoms with Crippen molar-refractivity contribution in [2.75, 3.05) is 26.0 Å². The molecule has 0 aromatic rings. The molecule has 13 heavy (non-hydrogen) atoms. The Bertz CT molecular complexity index is 131. The lowest BCUT2D eigenvalue weighted by Crippen LogP contribution is -2.24. The highest BCUT2D eigenvalue weighted by atomic mass is 32.1. The molecule has 78 valence electrons. The van der Waals surface area contributed by atoms with Crippen molar-refractivity contribution in [3.63, 3.8) is 0 Å². The number of rotatable bonds is 8. The van der Waals surface area contributed by atoms with Gasteiger partial charge in [-0.1, -0.05) is 0 Å². The fraction of sp³-hybridized carbons (Fsp3) is 0.889. The van der Waals surface area contributed by atoms with Crippen LogP contribution in [-0.2, 0) is 9.53 Å². The highest BCUT2D eigenvalue weighted by molar-refractivity contribution is 7.80. The van der Waals surface area contributed by atoms with E-state index in [1.807, 2.05) is 0 Å². The topological polar surface area (TPSA) is 38.3 Å². The average molecular weight is 205 g/mol. The van der Waals surface area contributed by atoms with E-state index in [-0.39, 0.29) is 5.91 Å². The van der Waals surface area contributed by atoms with E-state index in [2.05, 4.69) is 17.9 Å². The highest BCUT2D eigenvalue weighted by Crippen LogP contribution is 1.94. The number of nitrogens with one attached hydrogen (secondary N) is 1. The van der Waals surface area contributed by atoms with Crippen molar-refractivity contribution in [1.29, 1.82) is 0 Å². The Morgan fingerprint density at radius 1 is 1.38 bits per heavy atom. The summed E-state index contributed by atoms with van der Waals surface area (Å²) in [4.78, 5) is 10.9. The van der Waals surface area contributed by atoms with Gasteiger partial charge in [0.1, 0.15) is 0 Å². The molecule has 0 unspecified atom stereocenters. The second-order valence-electron chi connectivity index (χ2n) is 2.88. The fourth-order valence-corrected chi connectivity index (χ4v) is 1.17. The second-order valence-corrected chi connectivity index (χ2v) is 3.32. The lowest BCUT2D eigenvalue weighted by atomic mass is 10.2. The molecule has 0 heterocycles. The van der Waals surface area contributed by atoms with Gasteiger partial charge in [0.05, 0.1) is 0 Å². The summed E-state index contributed by atoms with van der Waals surface area (Å²) in [6.07, 6.45) is 3.72. The van der Waals surface area contributed by atoms with Crippen molar-refractivity contribution in [3.8, 4) is 0 Å². The third-order valence-corrected chi connectivity index (χ3v) is 1.91. The van der Waals surface area contributed by atoms with Crippen LogP contribution < -0.4 is 5.32 Å². The van der Waals surface area contributed by atoms with Crippen LogP contribution in [0.25, 0.3) is 0 Å². The Balaban J connectivity index is 3.02. The van der Waals surface area contributed by atoms with Gasteiger partial charge in [0.25, 0.3) is 0 Å². The minimum atomic E-state index is 0.0988. The molecule has 3 nitrogen and oxygen atoms in total. The first-order valence-electron chi connectivity index (χ1n) is 4.67. The zero-order valence-electron chi connectivity index (χ0n) is 8.21. The van der Waals surface area contributed by atoms with E-state index in [1.54, 1.807) is 7.11 Å². The minimum Gasteiger partial charge on any atom is -0.385 e. The van der Waals surface area contributed by atoms with E-state index in [4.69, 9.17) is 4.74 Å². The molecule has 0 aromatic carbocycles. The first-order chi connectivity index (χ1) is 6.31. The SMILES string of the molecule is COCCCCCNC(=O)CCS. The molecular formula is C9H19NO2S. The summed E-state index contributed by atoms with van der Waals surface area (Å²) in [6.45, 7) is 1.58. The number of amides is 1. The summed E-state index contributed by atoms with van der Waals surface area (Å²) < 4.78 is 4.91. The zero-order chi connectivity index (χ0) is 9.94. The number of methoxy groups -OCH3 is 1. The molecule has 0 rings (SSSR count). The number of thiol groups is 1. The van der Waals surface area contributed by atoms with Crippen LogP contribution in [0.2, 0.25) is 0 Å². The maximum absolute atomic E-state index is 10.9. The quantitative estimate of drug-likeness (QED) is 0.462. The first kappa shape index (κ1) is 12.8. The molecule has 0 fully saturated rings. The maximum atomic E-state index is 10.9. The van der Waals surface area contributed by atoms with E-state index in [0.29, 0.717) is 12.2 Å². The van der Waals surface area contributed by atoms with Gasteiger partial charge < -0.3 is 10.1 Å². The summed E-state index contributed by atoms with van der Waals surface area (Å²) in [7, 11) is 1.70. The normalized spacial score (nSPS) is 10.0. The molecule has 4 heteroatoms. The molecule has 0 atom stereocenters. The van der Waals surface area contributed by atoms with Gasteiger partial charge in [0, 0.05) is 26.7 Å². The van der Waals surface area contributed by atoms with Crippen LogP contribution in [-0.4, -0.2) is 31.9 Å². The van der Waals surface area contributed by atoms with Gasteiger partial charge in [-0.15, -0.1) is 0 Å². The standard InChI is InChI=1S/C9H19NO2S/c1-12-7-4-2-3-6-10-9(11)5-8-13/h13H,2-8H2,1H3,(H,10,11). The number of carbonyl (C=O) groups is 1. The summed E-state index contributed by atoms with van der Waals surface area (Å²) >= 11 is 3.97. The van der Waals surface area contributed by atoms with E-state index < -0.39 is 0 Å². The molecule has 1 N–H and O–H groups in total. The van der Waals surface area contributed by atoms with Crippen molar-refractivity contribution in [2.24, 2.45) is 0 Å². The Labute approximate surface area is 85.6 Å². The largest absolute Gasteiger partial charge is 0.385 e. The van der Waals surface area contributed by atoms with Gasteiger partial charge in [0.15, 0.2) is 0 Å². The molecule has 0 bridgehead atoms.